The Morgan fingerprint density at radius 2 is 1.92 bits per heavy atom. The van der Waals surface area contributed by atoms with Crippen molar-refractivity contribution in [1.82, 2.24) is 10.2 Å². The molecule has 2 rings (SSSR count). The largest absolute Gasteiger partial charge is 0.336 e. The molecule has 1 aliphatic heterocycles. The molecule has 1 saturated heterocycles. The molecule has 1 fully saturated rings. The van der Waals surface area contributed by atoms with Crippen LogP contribution in [0.25, 0.3) is 0 Å². The summed E-state index contributed by atoms with van der Waals surface area (Å²) in [6, 6.07) is 8.42. The summed E-state index contributed by atoms with van der Waals surface area (Å²) in [6.45, 7) is 9.45. The lowest BCUT2D eigenvalue weighted by molar-refractivity contribution is -0.719. The lowest BCUT2D eigenvalue weighted by atomic mass is 9.93. The number of hydrogen-bond acceptors (Lipinski definition) is 2. The van der Waals surface area contributed by atoms with E-state index in [9.17, 15) is 9.59 Å². The number of unbranched alkanes of at least 4 members (excludes halogenated alkanes) is 1. The molecule has 25 heavy (non-hydrogen) atoms. The molecule has 5 heteroatoms. The SMILES string of the molecule is CCCCc1ccc([C@H]([NH2+][C@@H](C)C(=O)N2CCNC2=O)C(C)C)cc1. The minimum Gasteiger partial charge on any atom is -0.336 e. The Kier molecular flexibility index (Phi) is 7.00. The van der Waals surface area contributed by atoms with Crippen LogP contribution in [0.15, 0.2) is 24.3 Å². The standard InChI is InChI=1S/C20H31N3O2/c1-5-6-7-16-8-10-17(11-9-16)18(14(2)3)22-15(4)19(24)23-13-12-21-20(23)25/h8-11,14-15,18,22H,5-7,12-13H2,1-4H3,(H,21,25)/p+1/t15-,18+/m0/s1. The number of imide groups is 1. The summed E-state index contributed by atoms with van der Waals surface area (Å²) in [5, 5.41) is 4.79. The highest BCUT2D eigenvalue weighted by Crippen LogP contribution is 2.19. The Hall–Kier alpha value is -1.88. The molecule has 0 saturated carbocycles. The second-order valence-corrected chi connectivity index (χ2v) is 7.32. The van der Waals surface area contributed by atoms with Crippen LogP contribution in [-0.2, 0) is 11.2 Å². The van der Waals surface area contributed by atoms with Gasteiger partial charge in [-0.15, -0.1) is 0 Å². The summed E-state index contributed by atoms with van der Waals surface area (Å²) in [5.41, 5.74) is 2.60. The zero-order chi connectivity index (χ0) is 18.4. The maximum absolute atomic E-state index is 12.6. The summed E-state index contributed by atoms with van der Waals surface area (Å²) in [4.78, 5) is 25.6. The Balaban J connectivity index is 2.04. The van der Waals surface area contributed by atoms with E-state index >= 15 is 0 Å². The molecule has 0 aromatic heterocycles. The second kappa shape index (κ2) is 8.99. The second-order valence-electron chi connectivity index (χ2n) is 7.32. The van der Waals surface area contributed by atoms with Gasteiger partial charge in [0, 0.05) is 24.6 Å². The van der Waals surface area contributed by atoms with E-state index in [2.05, 4.69) is 55.7 Å². The predicted octanol–water partition coefficient (Wildman–Crippen LogP) is 2.23. The van der Waals surface area contributed by atoms with Gasteiger partial charge in [-0.25, -0.2) is 4.79 Å². The number of carbonyl (C=O) groups excluding carboxylic acids is 2. The quantitative estimate of drug-likeness (QED) is 0.758. The van der Waals surface area contributed by atoms with Gasteiger partial charge in [-0.1, -0.05) is 51.5 Å². The zero-order valence-corrected chi connectivity index (χ0v) is 15.9. The minimum atomic E-state index is -0.281. The van der Waals surface area contributed by atoms with Crippen LogP contribution in [-0.4, -0.2) is 36.0 Å². The van der Waals surface area contributed by atoms with Gasteiger partial charge < -0.3 is 10.6 Å². The highest BCUT2D eigenvalue weighted by molar-refractivity contribution is 5.97. The first-order valence-corrected chi connectivity index (χ1v) is 9.47. The van der Waals surface area contributed by atoms with E-state index in [-0.39, 0.29) is 24.0 Å². The third kappa shape index (κ3) is 5.05. The van der Waals surface area contributed by atoms with Crippen molar-refractivity contribution >= 4 is 11.9 Å². The molecule has 0 radical (unpaired) electrons. The maximum atomic E-state index is 12.6. The number of aryl methyl sites for hydroxylation is 1. The number of nitrogens with two attached hydrogens (primary N) is 1. The van der Waals surface area contributed by atoms with Crippen LogP contribution in [0, 0.1) is 5.92 Å². The number of quaternary nitrogens is 1. The van der Waals surface area contributed by atoms with Crippen molar-refractivity contribution < 1.29 is 14.9 Å². The first kappa shape index (κ1) is 19.4. The fourth-order valence-electron chi connectivity index (χ4n) is 3.33. The summed E-state index contributed by atoms with van der Waals surface area (Å²) >= 11 is 0. The van der Waals surface area contributed by atoms with Crippen molar-refractivity contribution in [3.05, 3.63) is 35.4 Å². The molecule has 1 aromatic carbocycles. The van der Waals surface area contributed by atoms with Crippen molar-refractivity contribution in [3.63, 3.8) is 0 Å². The van der Waals surface area contributed by atoms with Crippen LogP contribution in [0.3, 0.4) is 0 Å². The molecule has 138 valence electrons. The topological polar surface area (TPSA) is 66.0 Å². The van der Waals surface area contributed by atoms with E-state index in [1.807, 2.05) is 6.92 Å². The predicted molar refractivity (Wildman–Crippen MR) is 99.1 cm³/mol. The van der Waals surface area contributed by atoms with Crippen LogP contribution in [0.4, 0.5) is 4.79 Å². The minimum absolute atomic E-state index is 0.111. The first-order chi connectivity index (χ1) is 11.9. The molecule has 0 spiro atoms. The Morgan fingerprint density at radius 3 is 2.44 bits per heavy atom. The summed E-state index contributed by atoms with van der Waals surface area (Å²) in [7, 11) is 0. The molecular formula is C20H32N3O2+. The molecule has 3 amide bonds. The van der Waals surface area contributed by atoms with Gasteiger partial charge in [0.05, 0.1) is 0 Å². The van der Waals surface area contributed by atoms with Crippen LogP contribution < -0.4 is 10.6 Å². The lowest BCUT2D eigenvalue weighted by Crippen LogP contribution is -2.93. The summed E-state index contributed by atoms with van der Waals surface area (Å²) in [5.74, 6) is 0.282. The number of amides is 3. The van der Waals surface area contributed by atoms with Gasteiger partial charge in [-0.05, 0) is 25.3 Å². The number of nitrogens with zero attached hydrogens (tertiary/aromatic N) is 1. The lowest BCUT2D eigenvalue weighted by Gasteiger charge is -2.25. The molecular weight excluding hydrogens is 314 g/mol. The molecule has 1 aromatic rings. The molecule has 0 bridgehead atoms. The normalized spacial score (nSPS) is 16.8. The van der Waals surface area contributed by atoms with Gasteiger partial charge in [0.1, 0.15) is 6.04 Å². The fraction of sp³-hybridized carbons (Fsp3) is 0.600. The monoisotopic (exact) mass is 346 g/mol. The zero-order valence-electron chi connectivity index (χ0n) is 15.9. The molecule has 5 nitrogen and oxygen atoms in total. The fourth-order valence-corrected chi connectivity index (χ4v) is 3.33. The molecule has 0 unspecified atom stereocenters. The van der Waals surface area contributed by atoms with Crippen molar-refractivity contribution in [2.75, 3.05) is 13.1 Å². The van der Waals surface area contributed by atoms with Gasteiger partial charge in [-0.3, -0.25) is 9.69 Å². The summed E-state index contributed by atoms with van der Waals surface area (Å²) < 4.78 is 0. The first-order valence-electron chi connectivity index (χ1n) is 9.47. The van der Waals surface area contributed by atoms with Gasteiger partial charge in [0.25, 0.3) is 5.91 Å². The van der Waals surface area contributed by atoms with E-state index in [4.69, 9.17) is 0 Å². The Morgan fingerprint density at radius 1 is 1.24 bits per heavy atom. The highest BCUT2D eigenvalue weighted by atomic mass is 16.2. The molecule has 1 aliphatic rings. The number of rotatable bonds is 8. The number of benzene rings is 1. The molecule has 1 heterocycles. The van der Waals surface area contributed by atoms with Crippen molar-refractivity contribution in [1.29, 1.82) is 0 Å². The maximum Gasteiger partial charge on any atom is 0.324 e. The van der Waals surface area contributed by atoms with Gasteiger partial charge in [0.15, 0.2) is 6.04 Å². The van der Waals surface area contributed by atoms with E-state index in [0.29, 0.717) is 19.0 Å². The summed E-state index contributed by atoms with van der Waals surface area (Å²) in [6.07, 6.45) is 3.53. The third-order valence-corrected chi connectivity index (χ3v) is 4.91. The van der Waals surface area contributed by atoms with E-state index in [0.717, 1.165) is 6.42 Å². The molecule has 2 atom stereocenters. The van der Waals surface area contributed by atoms with Crippen molar-refractivity contribution in [3.8, 4) is 0 Å². The van der Waals surface area contributed by atoms with E-state index in [1.54, 1.807) is 0 Å². The number of hydrogen-bond donors (Lipinski definition) is 2. The average molecular weight is 346 g/mol. The van der Waals surface area contributed by atoms with Crippen LogP contribution >= 0.6 is 0 Å². The van der Waals surface area contributed by atoms with Gasteiger partial charge in [0.2, 0.25) is 0 Å². The third-order valence-electron chi connectivity index (χ3n) is 4.91. The molecule has 3 N–H and O–H groups in total. The van der Waals surface area contributed by atoms with Crippen LogP contribution in [0.5, 0.6) is 0 Å². The van der Waals surface area contributed by atoms with Gasteiger partial charge in [-0.2, -0.15) is 0 Å². The Bertz CT molecular complexity index is 583. The molecule has 0 aliphatic carbocycles. The van der Waals surface area contributed by atoms with Crippen LogP contribution in [0.1, 0.15) is 57.7 Å². The van der Waals surface area contributed by atoms with E-state index < -0.39 is 0 Å². The van der Waals surface area contributed by atoms with E-state index in [1.165, 1.54) is 28.9 Å². The number of carbonyl (C=O) groups is 2. The smallest absolute Gasteiger partial charge is 0.324 e. The van der Waals surface area contributed by atoms with Crippen LogP contribution in [0.2, 0.25) is 0 Å². The van der Waals surface area contributed by atoms with Crippen molar-refractivity contribution in [2.45, 2.75) is 59.0 Å². The highest BCUT2D eigenvalue weighted by Gasteiger charge is 2.33. The number of urea groups is 1. The van der Waals surface area contributed by atoms with Crippen molar-refractivity contribution in [2.24, 2.45) is 5.92 Å². The Labute approximate surface area is 151 Å². The number of nitrogens with one attached hydrogen (secondary N) is 1. The van der Waals surface area contributed by atoms with Gasteiger partial charge >= 0.3 is 6.03 Å². The average Bonchev–Trinajstić information content (AvgIpc) is 3.03.